The Kier molecular flexibility index (Phi) is 6.82. The fourth-order valence-corrected chi connectivity index (χ4v) is 2.78. The Bertz CT molecular complexity index is 700. The van der Waals surface area contributed by atoms with Crippen molar-refractivity contribution >= 4 is 23.0 Å². The summed E-state index contributed by atoms with van der Waals surface area (Å²) in [5.74, 6) is 0.786. The van der Waals surface area contributed by atoms with E-state index in [0.29, 0.717) is 11.7 Å². The molecule has 0 aliphatic carbocycles. The second-order valence-electron chi connectivity index (χ2n) is 5.54. The van der Waals surface area contributed by atoms with Crippen LogP contribution in [-0.2, 0) is 0 Å². The van der Waals surface area contributed by atoms with E-state index in [-0.39, 0.29) is 6.04 Å². The van der Waals surface area contributed by atoms with Gasteiger partial charge in [0.05, 0.1) is 6.04 Å². The monoisotopic (exact) mass is 340 g/mol. The summed E-state index contributed by atoms with van der Waals surface area (Å²) in [6, 6.07) is 16.3. The third-order valence-corrected chi connectivity index (χ3v) is 3.96. The summed E-state index contributed by atoms with van der Waals surface area (Å²) in [6.07, 6.45) is 2.68. The number of ether oxygens (including phenoxy) is 1. The number of rotatable bonds is 7. The molecule has 2 aromatic carbocycles. The highest BCUT2D eigenvalue weighted by Gasteiger charge is 2.12. The van der Waals surface area contributed by atoms with Gasteiger partial charge in [-0.15, -0.1) is 0 Å². The molecule has 0 aliphatic rings. The first-order valence-electron chi connectivity index (χ1n) is 8.10. The molecule has 0 amide bonds. The lowest BCUT2D eigenvalue weighted by Gasteiger charge is -2.21. The number of benzene rings is 2. The molecule has 1 atom stereocenters. The zero-order valence-electron chi connectivity index (χ0n) is 14.2. The number of aryl methyl sites for hydroxylation is 1. The topological polar surface area (TPSA) is 33.3 Å². The highest BCUT2D eigenvalue weighted by atomic mass is 32.1. The minimum Gasteiger partial charge on any atom is -0.489 e. The molecule has 2 N–H and O–H groups in total. The zero-order chi connectivity index (χ0) is 17.4. The number of anilines is 1. The first kappa shape index (κ1) is 18.0. The zero-order valence-corrected chi connectivity index (χ0v) is 15.0. The minimum absolute atomic E-state index is 0.186. The first-order chi connectivity index (χ1) is 11.6. The average molecular weight is 340 g/mol. The highest BCUT2D eigenvalue weighted by Crippen LogP contribution is 2.21. The van der Waals surface area contributed by atoms with E-state index >= 15 is 0 Å². The molecule has 0 saturated carbocycles. The van der Waals surface area contributed by atoms with E-state index in [1.165, 1.54) is 11.1 Å². The van der Waals surface area contributed by atoms with Crippen molar-refractivity contribution in [2.45, 2.75) is 26.3 Å². The fourth-order valence-electron chi connectivity index (χ4n) is 2.52. The largest absolute Gasteiger partial charge is 0.489 e. The van der Waals surface area contributed by atoms with Crippen molar-refractivity contribution in [3.8, 4) is 5.75 Å². The van der Waals surface area contributed by atoms with Crippen LogP contribution in [0, 0.1) is 6.92 Å². The lowest BCUT2D eigenvalue weighted by Crippen LogP contribution is -2.32. The maximum absolute atomic E-state index is 5.54. The van der Waals surface area contributed by atoms with Gasteiger partial charge in [0.25, 0.3) is 0 Å². The van der Waals surface area contributed by atoms with Crippen LogP contribution in [0.3, 0.4) is 0 Å². The Hall–Kier alpha value is -2.33. The van der Waals surface area contributed by atoms with Gasteiger partial charge in [-0.3, -0.25) is 0 Å². The molecule has 0 bridgehead atoms. The molecule has 0 heterocycles. The van der Waals surface area contributed by atoms with Crippen LogP contribution >= 0.6 is 12.2 Å². The van der Waals surface area contributed by atoms with Crippen molar-refractivity contribution in [1.29, 1.82) is 0 Å². The van der Waals surface area contributed by atoms with E-state index in [1.807, 2.05) is 24.3 Å². The van der Waals surface area contributed by atoms with E-state index in [0.717, 1.165) is 17.9 Å². The van der Waals surface area contributed by atoms with Gasteiger partial charge in [0, 0.05) is 11.8 Å². The Morgan fingerprint density at radius 2 is 2.04 bits per heavy atom. The fraction of sp³-hybridized carbons (Fsp3) is 0.250. The van der Waals surface area contributed by atoms with E-state index in [1.54, 1.807) is 6.08 Å². The van der Waals surface area contributed by atoms with Gasteiger partial charge in [-0.25, -0.2) is 0 Å². The van der Waals surface area contributed by atoms with Crippen molar-refractivity contribution in [2.75, 3.05) is 11.9 Å². The quantitative estimate of drug-likeness (QED) is 0.549. The van der Waals surface area contributed by atoms with Gasteiger partial charge in [0.2, 0.25) is 0 Å². The molecule has 0 fully saturated rings. The van der Waals surface area contributed by atoms with Gasteiger partial charge in [-0.05, 0) is 48.8 Å². The predicted molar refractivity (Wildman–Crippen MR) is 106 cm³/mol. The van der Waals surface area contributed by atoms with E-state index in [2.05, 4.69) is 55.3 Å². The summed E-state index contributed by atoms with van der Waals surface area (Å²) < 4.78 is 5.54. The van der Waals surface area contributed by atoms with Gasteiger partial charge in [0.1, 0.15) is 12.4 Å². The van der Waals surface area contributed by atoms with Crippen molar-refractivity contribution in [3.05, 3.63) is 72.3 Å². The first-order valence-corrected chi connectivity index (χ1v) is 8.51. The summed E-state index contributed by atoms with van der Waals surface area (Å²) in [5, 5.41) is 7.23. The normalized spacial score (nSPS) is 11.4. The maximum atomic E-state index is 5.54. The Balaban J connectivity index is 2.01. The van der Waals surface area contributed by atoms with Gasteiger partial charge >= 0.3 is 0 Å². The highest BCUT2D eigenvalue weighted by molar-refractivity contribution is 7.80. The van der Waals surface area contributed by atoms with Gasteiger partial charge in [-0.1, -0.05) is 49.9 Å². The standard InChI is InChI=1S/C20H24N2OS/c1-4-13-23-17-11-8-10-16(14-17)21-20(24)22-19(5-2)18-12-7-6-9-15(18)3/h4,6-12,14,19H,1,5,13H2,2-3H3,(H2,21,22,24)/t19-/m0/s1. The molecule has 126 valence electrons. The van der Waals surface area contributed by atoms with Crippen molar-refractivity contribution in [1.82, 2.24) is 5.32 Å². The molecule has 2 aromatic rings. The van der Waals surface area contributed by atoms with E-state index in [4.69, 9.17) is 17.0 Å². The van der Waals surface area contributed by atoms with Gasteiger partial charge < -0.3 is 15.4 Å². The Morgan fingerprint density at radius 3 is 2.75 bits per heavy atom. The summed E-state index contributed by atoms with van der Waals surface area (Å²) in [6.45, 7) is 8.41. The Labute approximate surface area is 149 Å². The molecule has 24 heavy (non-hydrogen) atoms. The van der Waals surface area contributed by atoms with Crippen LogP contribution in [0.1, 0.15) is 30.5 Å². The second-order valence-corrected chi connectivity index (χ2v) is 5.95. The van der Waals surface area contributed by atoms with Gasteiger partial charge in [0.15, 0.2) is 5.11 Å². The molecule has 3 nitrogen and oxygen atoms in total. The van der Waals surface area contributed by atoms with Gasteiger partial charge in [-0.2, -0.15) is 0 Å². The minimum atomic E-state index is 0.186. The SMILES string of the molecule is C=CCOc1cccc(NC(=S)N[C@@H](CC)c2ccccc2C)c1. The third-order valence-electron chi connectivity index (χ3n) is 3.74. The predicted octanol–water partition coefficient (Wildman–Crippen LogP) is 5.00. The van der Waals surface area contributed by atoms with Crippen LogP contribution in [0.5, 0.6) is 5.75 Å². The van der Waals surface area contributed by atoms with Crippen LogP contribution in [0.15, 0.2) is 61.2 Å². The Morgan fingerprint density at radius 1 is 1.25 bits per heavy atom. The van der Waals surface area contributed by atoms with E-state index in [9.17, 15) is 0 Å². The van der Waals surface area contributed by atoms with E-state index < -0.39 is 0 Å². The molecule has 0 aliphatic heterocycles. The van der Waals surface area contributed by atoms with Crippen molar-refractivity contribution in [2.24, 2.45) is 0 Å². The lowest BCUT2D eigenvalue weighted by atomic mass is 10.00. The average Bonchev–Trinajstić information content (AvgIpc) is 2.59. The van der Waals surface area contributed by atoms with Crippen LogP contribution < -0.4 is 15.4 Å². The molecule has 0 radical (unpaired) electrons. The molecular formula is C20H24N2OS. The van der Waals surface area contributed by atoms with Crippen LogP contribution in [0.25, 0.3) is 0 Å². The van der Waals surface area contributed by atoms with Crippen molar-refractivity contribution in [3.63, 3.8) is 0 Å². The molecule has 0 aromatic heterocycles. The maximum Gasteiger partial charge on any atom is 0.171 e. The number of hydrogen-bond acceptors (Lipinski definition) is 2. The number of nitrogens with one attached hydrogen (secondary N) is 2. The molecule has 4 heteroatoms. The molecule has 2 rings (SSSR count). The third kappa shape index (κ3) is 5.10. The number of hydrogen-bond donors (Lipinski definition) is 2. The summed E-state index contributed by atoms with van der Waals surface area (Å²) in [5.41, 5.74) is 3.43. The van der Waals surface area contributed by atoms with Crippen LogP contribution in [0.2, 0.25) is 0 Å². The summed E-state index contributed by atoms with van der Waals surface area (Å²) >= 11 is 5.47. The van der Waals surface area contributed by atoms with Crippen molar-refractivity contribution < 1.29 is 4.74 Å². The lowest BCUT2D eigenvalue weighted by molar-refractivity contribution is 0.363. The summed E-state index contributed by atoms with van der Waals surface area (Å²) in [4.78, 5) is 0. The summed E-state index contributed by atoms with van der Waals surface area (Å²) in [7, 11) is 0. The molecule has 0 unspecified atom stereocenters. The van der Waals surface area contributed by atoms with Crippen LogP contribution in [-0.4, -0.2) is 11.7 Å². The number of thiocarbonyl (C=S) groups is 1. The molecule has 0 saturated heterocycles. The van der Waals surface area contributed by atoms with Crippen LogP contribution in [0.4, 0.5) is 5.69 Å². The smallest absolute Gasteiger partial charge is 0.171 e. The molecular weight excluding hydrogens is 316 g/mol. The molecule has 0 spiro atoms. The second kappa shape index (κ2) is 9.08.